The van der Waals surface area contributed by atoms with Gasteiger partial charge in [0.25, 0.3) is 0 Å². The monoisotopic (exact) mass is 296 g/mol. The Morgan fingerprint density at radius 3 is 2.64 bits per heavy atom. The molecule has 0 aliphatic carbocycles. The summed E-state index contributed by atoms with van der Waals surface area (Å²) in [4.78, 5) is 0. The van der Waals surface area contributed by atoms with E-state index < -0.39 is 0 Å². The van der Waals surface area contributed by atoms with Gasteiger partial charge < -0.3 is 9.47 Å². The maximum atomic E-state index is 5.86. The van der Waals surface area contributed by atoms with Crippen molar-refractivity contribution in [3.05, 3.63) is 70.8 Å². The van der Waals surface area contributed by atoms with E-state index in [9.17, 15) is 0 Å². The van der Waals surface area contributed by atoms with Gasteiger partial charge in [-0.1, -0.05) is 48.5 Å². The average molecular weight is 296 g/mol. The lowest BCUT2D eigenvalue weighted by Gasteiger charge is -2.22. The molecule has 0 amide bonds. The van der Waals surface area contributed by atoms with Gasteiger partial charge in [-0.15, -0.1) is 0 Å². The SMILES string of the molecule is Cc1cc(COC2CCCCO2)ccc1Cc1ccccc1. The van der Waals surface area contributed by atoms with Crippen LogP contribution in [0, 0.1) is 6.92 Å². The molecule has 3 rings (SSSR count). The molecule has 2 heteroatoms. The van der Waals surface area contributed by atoms with Crippen LogP contribution in [0.2, 0.25) is 0 Å². The topological polar surface area (TPSA) is 18.5 Å². The third-order valence-corrected chi connectivity index (χ3v) is 4.22. The van der Waals surface area contributed by atoms with Crippen LogP contribution < -0.4 is 0 Å². The molecule has 0 radical (unpaired) electrons. The van der Waals surface area contributed by atoms with E-state index in [-0.39, 0.29) is 6.29 Å². The van der Waals surface area contributed by atoms with Gasteiger partial charge in [0, 0.05) is 6.61 Å². The van der Waals surface area contributed by atoms with Crippen molar-refractivity contribution >= 4 is 0 Å². The van der Waals surface area contributed by atoms with Crippen molar-refractivity contribution in [1.29, 1.82) is 0 Å². The zero-order chi connectivity index (χ0) is 15.2. The summed E-state index contributed by atoms with van der Waals surface area (Å²) in [6.45, 7) is 3.65. The molecular formula is C20H24O2. The summed E-state index contributed by atoms with van der Waals surface area (Å²) >= 11 is 0. The number of aryl methyl sites for hydroxylation is 1. The fourth-order valence-corrected chi connectivity index (χ4v) is 2.89. The maximum absolute atomic E-state index is 5.86. The van der Waals surface area contributed by atoms with Gasteiger partial charge >= 0.3 is 0 Å². The second-order valence-corrected chi connectivity index (χ2v) is 6.03. The molecule has 22 heavy (non-hydrogen) atoms. The quantitative estimate of drug-likeness (QED) is 0.801. The molecule has 0 bridgehead atoms. The Bertz CT molecular complexity index is 586. The minimum absolute atomic E-state index is 0.0157. The van der Waals surface area contributed by atoms with Crippen LogP contribution in [0.4, 0.5) is 0 Å². The first kappa shape index (κ1) is 15.3. The summed E-state index contributed by atoms with van der Waals surface area (Å²) in [6.07, 6.45) is 4.36. The van der Waals surface area contributed by atoms with E-state index in [0.717, 1.165) is 25.9 Å². The van der Waals surface area contributed by atoms with Crippen molar-refractivity contribution in [1.82, 2.24) is 0 Å². The Morgan fingerprint density at radius 1 is 1.05 bits per heavy atom. The minimum Gasteiger partial charge on any atom is -0.353 e. The highest BCUT2D eigenvalue weighted by molar-refractivity contribution is 5.35. The van der Waals surface area contributed by atoms with Crippen LogP contribution >= 0.6 is 0 Å². The maximum Gasteiger partial charge on any atom is 0.158 e. The van der Waals surface area contributed by atoms with Gasteiger partial charge in [0.15, 0.2) is 6.29 Å². The lowest BCUT2D eigenvalue weighted by atomic mass is 9.99. The summed E-state index contributed by atoms with van der Waals surface area (Å²) in [5, 5.41) is 0. The minimum atomic E-state index is -0.0157. The van der Waals surface area contributed by atoms with Crippen LogP contribution in [0.5, 0.6) is 0 Å². The molecule has 116 valence electrons. The van der Waals surface area contributed by atoms with E-state index in [4.69, 9.17) is 9.47 Å². The van der Waals surface area contributed by atoms with Gasteiger partial charge in [0.05, 0.1) is 6.61 Å². The van der Waals surface area contributed by atoms with Crippen molar-refractivity contribution in [2.75, 3.05) is 6.61 Å². The summed E-state index contributed by atoms with van der Waals surface area (Å²) in [6, 6.07) is 17.2. The molecule has 0 aromatic heterocycles. The highest BCUT2D eigenvalue weighted by Gasteiger charge is 2.14. The van der Waals surface area contributed by atoms with Crippen molar-refractivity contribution in [2.45, 2.75) is 45.5 Å². The molecule has 2 aromatic rings. The fourth-order valence-electron chi connectivity index (χ4n) is 2.89. The summed E-state index contributed by atoms with van der Waals surface area (Å²) < 4.78 is 11.5. The largest absolute Gasteiger partial charge is 0.353 e. The molecule has 0 N–H and O–H groups in total. The Kier molecular flexibility index (Phi) is 5.25. The molecule has 1 unspecified atom stereocenters. The summed E-state index contributed by atoms with van der Waals surface area (Å²) in [5.41, 5.74) is 5.28. The van der Waals surface area contributed by atoms with E-state index in [1.54, 1.807) is 0 Å². The predicted molar refractivity (Wildman–Crippen MR) is 88.8 cm³/mol. The molecule has 1 saturated heterocycles. The molecule has 1 fully saturated rings. The molecule has 1 atom stereocenters. The summed E-state index contributed by atoms with van der Waals surface area (Å²) in [5.74, 6) is 0. The van der Waals surface area contributed by atoms with Crippen molar-refractivity contribution < 1.29 is 9.47 Å². The first-order chi connectivity index (χ1) is 10.8. The first-order valence-corrected chi connectivity index (χ1v) is 8.17. The van der Waals surface area contributed by atoms with Gasteiger partial charge in [-0.05, 0) is 54.9 Å². The highest BCUT2D eigenvalue weighted by atomic mass is 16.7. The molecule has 1 aliphatic heterocycles. The second-order valence-electron chi connectivity index (χ2n) is 6.03. The van der Waals surface area contributed by atoms with Crippen LogP contribution in [-0.2, 0) is 22.5 Å². The number of benzene rings is 2. The average Bonchev–Trinajstić information content (AvgIpc) is 2.57. The van der Waals surface area contributed by atoms with Crippen molar-refractivity contribution in [3.63, 3.8) is 0 Å². The summed E-state index contributed by atoms with van der Waals surface area (Å²) in [7, 11) is 0. The Labute approximate surface area is 133 Å². The Hall–Kier alpha value is -1.64. The molecule has 1 aliphatic rings. The van der Waals surface area contributed by atoms with Crippen LogP contribution in [0.25, 0.3) is 0 Å². The zero-order valence-electron chi connectivity index (χ0n) is 13.3. The third kappa shape index (κ3) is 4.19. The van der Waals surface area contributed by atoms with Crippen molar-refractivity contribution in [3.8, 4) is 0 Å². The smallest absolute Gasteiger partial charge is 0.158 e. The van der Waals surface area contributed by atoms with Crippen LogP contribution in [0.15, 0.2) is 48.5 Å². The molecule has 1 heterocycles. The van der Waals surface area contributed by atoms with E-state index in [2.05, 4.69) is 55.5 Å². The van der Waals surface area contributed by atoms with Gasteiger partial charge in [-0.25, -0.2) is 0 Å². The van der Waals surface area contributed by atoms with Gasteiger partial charge in [-0.2, -0.15) is 0 Å². The number of hydrogen-bond donors (Lipinski definition) is 0. The molecule has 2 aromatic carbocycles. The number of ether oxygens (including phenoxy) is 2. The second kappa shape index (κ2) is 7.57. The van der Waals surface area contributed by atoms with E-state index in [1.807, 2.05) is 0 Å². The van der Waals surface area contributed by atoms with Gasteiger partial charge in [0.2, 0.25) is 0 Å². The Morgan fingerprint density at radius 2 is 1.91 bits per heavy atom. The Balaban J connectivity index is 1.59. The third-order valence-electron chi connectivity index (χ3n) is 4.22. The molecule has 0 spiro atoms. The highest BCUT2D eigenvalue weighted by Crippen LogP contribution is 2.19. The van der Waals surface area contributed by atoms with Gasteiger partial charge in [-0.3, -0.25) is 0 Å². The van der Waals surface area contributed by atoms with E-state index in [1.165, 1.54) is 28.7 Å². The molecule has 2 nitrogen and oxygen atoms in total. The van der Waals surface area contributed by atoms with Crippen molar-refractivity contribution in [2.24, 2.45) is 0 Å². The normalized spacial score (nSPS) is 18.3. The number of rotatable bonds is 5. The fraction of sp³-hybridized carbons (Fsp3) is 0.400. The van der Waals surface area contributed by atoms with Crippen LogP contribution in [-0.4, -0.2) is 12.9 Å². The lowest BCUT2D eigenvalue weighted by molar-refractivity contribution is -0.168. The van der Waals surface area contributed by atoms with Gasteiger partial charge in [0.1, 0.15) is 0 Å². The lowest BCUT2D eigenvalue weighted by Crippen LogP contribution is -2.22. The van der Waals surface area contributed by atoms with Crippen LogP contribution in [0.1, 0.15) is 41.5 Å². The zero-order valence-corrected chi connectivity index (χ0v) is 13.3. The predicted octanol–water partition coefficient (Wildman–Crippen LogP) is 4.63. The molecule has 0 saturated carbocycles. The van der Waals surface area contributed by atoms with Crippen LogP contribution in [0.3, 0.4) is 0 Å². The van der Waals surface area contributed by atoms with E-state index in [0.29, 0.717) is 6.61 Å². The first-order valence-electron chi connectivity index (χ1n) is 8.17. The standard InChI is InChI=1S/C20H24O2/c1-16-13-18(15-22-20-9-5-6-12-21-20)10-11-19(16)14-17-7-3-2-4-8-17/h2-4,7-8,10-11,13,20H,5-6,9,12,14-15H2,1H3. The number of hydrogen-bond acceptors (Lipinski definition) is 2. The molecular weight excluding hydrogens is 272 g/mol. The van der Waals surface area contributed by atoms with E-state index >= 15 is 0 Å².